The highest BCUT2D eigenvalue weighted by molar-refractivity contribution is 7.90. The third kappa shape index (κ3) is 6.78. The van der Waals surface area contributed by atoms with Crippen LogP contribution in [0.25, 0.3) is 0 Å². The second-order valence-electron chi connectivity index (χ2n) is 13.3. The van der Waals surface area contributed by atoms with E-state index in [1.807, 2.05) is 28.0 Å². The molecule has 0 bridgehead atoms. The van der Waals surface area contributed by atoms with Crippen LogP contribution in [-0.2, 0) is 25.9 Å². The van der Waals surface area contributed by atoms with Crippen LogP contribution in [0.5, 0.6) is 0 Å². The number of nitrogens with zero attached hydrogens (tertiary/aromatic N) is 3. The second kappa shape index (κ2) is 12.6. The molecule has 2 aromatic rings. The molecule has 232 valence electrons. The van der Waals surface area contributed by atoms with E-state index in [9.17, 15) is 18.0 Å². The van der Waals surface area contributed by atoms with E-state index >= 15 is 0 Å². The summed E-state index contributed by atoms with van der Waals surface area (Å²) in [5, 5.41) is 0. The van der Waals surface area contributed by atoms with Crippen molar-refractivity contribution in [3.05, 3.63) is 65.7 Å². The molecule has 43 heavy (non-hydrogen) atoms. The molecular formula is C34H45N3O5S. The van der Waals surface area contributed by atoms with Gasteiger partial charge in [0.05, 0.1) is 10.3 Å². The van der Waals surface area contributed by atoms with E-state index in [1.165, 1.54) is 18.2 Å². The van der Waals surface area contributed by atoms with E-state index in [0.29, 0.717) is 30.4 Å². The molecule has 0 unspecified atom stereocenters. The zero-order chi connectivity index (χ0) is 30.0. The van der Waals surface area contributed by atoms with E-state index < -0.39 is 9.84 Å². The number of amides is 2. The molecule has 0 radical (unpaired) electrons. The number of ether oxygens (including phenoxy) is 1. The van der Waals surface area contributed by atoms with Gasteiger partial charge in [-0.25, -0.2) is 13.2 Å². The molecule has 3 aliphatic heterocycles. The molecule has 6 rings (SSSR count). The third-order valence-electron chi connectivity index (χ3n) is 10.4. The molecule has 2 aromatic carbocycles. The molecule has 9 heteroatoms. The summed E-state index contributed by atoms with van der Waals surface area (Å²) in [5.74, 6) is 0.828. The molecule has 1 aliphatic carbocycles. The van der Waals surface area contributed by atoms with Crippen LogP contribution in [0.2, 0.25) is 0 Å². The monoisotopic (exact) mass is 607 g/mol. The second-order valence-corrected chi connectivity index (χ2v) is 15.3. The predicted octanol–water partition coefficient (Wildman–Crippen LogP) is 5.09. The molecule has 4 fully saturated rings. The van der Waals surface area contributed by atoms with Gasteiger partial charge in [0.2, 0.25) is 5.91 Å². The van der Waals surface area contributed by atoms with Gasteiger partial charge in [-0.3, -0.25) is 4.79 Å². The van der Waals surface area contributed by atoms with Gasteiger partial charge in [-0.2, -0.15) is 0 Å². The molecule has 2 atom stereocenters. The summed E-state index contributed by atoms with van der Waals surface area (Å²) in [6.45, 7) is 5.33. The zero-order valence-electron chi connectivity index (χ0n) is 25.3. The first-order valence-electron chi connectivity index (χ1n) is 16.0. The average Bonchev–Trinajstić information content (AvgIpc) is 3.56. The summed E-state index contributed by atoms with van der Waals surface area (Å²) in [4.78, 5) is 33.5. The highest BCUT2D eigenvalue weighted by Gasteiger charge is 2.48. The van der Waals surface area contributed by atoms with E-state index in [0.717, 1.165) is 76.7 Å². The lowest BCUT2D eigenvalue weighted by atomic mass is 9.76. The van der Waals surface area contributed by atoms with Gasteiger partial charge >= 0.3 is 6.09 Å². The molecule has 0 N–H and O–H groups in total. The van der Waals surface area contributed by atoms with Crippen LogP contribution in [0.1, 0.15) is 68.4 Å². The highest BCUT2D eigenvalue weighted by Crippen LogP contribution is 2.43. The lowest BCUT2D eigenvalue weighted by Crippen LogP contribution is -2.46. The van der Waals surface area contributed by atoms with Crippen molar-refractivity contribution in [2.24, 2.45) is 11.3 Å². The first kappa shape index (κ1) is 30.1. The number of carbonyl (C=O) groups is 2. The minimum absolute atomic E-state index is 0.0594. The van der Waals surface area contributed by atoms with Crippen molar-refractivity contribution in [3.63, 3.8) is 0 Å². The number of carbonyl (C=O) groups excluding carboxylic acids is 2. The molecule has 4 aliphatic rings. The Labute approximate surface area is 256 Å². The summed E-state index contributed by atoms with van der Waals surface area (Å²) in [6, 6.07) is 17.4. The molecule has 1 spiro atoms. The standard InChI is InChI=1S/C34H45N3O5S/c1-43(40,41)30-14-12-26(13-15-30)22-36-21-18-34(32(36)38)16-19-35(20-17-34)23-28-24-37(25-31(28)27-8-4-2-5-9-27)33(39)42-29-10-6-3-7-11-29/h2,4-5,8-9,12-15,28-29,31H,3,6-7,10-11,16-25H2,1H3/t28-,31+/m0/s1. The van der Waals surface area contributed by atoms with E-state index in [2.05, 4.69) is 29.2 Å². The zero-order valence-corrected chi connectivity index (χ0v) is 26.1. The minimum Gasteiger partial charge on any atom is -0.446 e. The van der Waals surface area contributed by atoms with E-state index in [1.54, 1.807) is 12.1 Å². The number of rotatable bonds is 7. The van der Waals surface area contributed by atoms with E-state index in [4.69, 9.17) is 4.74 Å². The Morgan fingerprint density at radius 3 is 2.26 bits per heavy atom. The molecule has 3 saturated heterocycles. The SMILES string of the molecule is CS(=O)(=O)c1ccc(CN2CCC3(CCN(C[C@H]4CN(C(=O)OC5CCCCC5)C[C@@H]4c4ccccc4)CC3)C2=O)cc1. The molecule has 1 saturated carbocycles. The topological polar surface area (TPSA) is 87.2 Å². The number of hydrogen-bond donors (Lipinski definition) is 0. The Bertz CT molecular complexity index is 1380. The Kier molecular flexibility index (Phi) is 8.83. The maximum atomic E-state index is 13.6. The van der Waals surface area contributed by atoms with Gasteiger partial charge in [-0.1, -0.05) is 48.9 Å². The highest BCUT2D eigenvalue weighted by atomic mass is 32.2. The van der Waals surface area contributed by atoms with Crippen LogP contribution in [-0.4, -0.2) is 86.7 Å². The Morgan fingerprint density at radius 1 is 0.907 bits per heavy atom. The fourth-order valence-electron chi connectivity index (χ4n) is 7.75. The Balaban J connectivity index is 1.05. The molecule has 3 heterocycles. The summed E-state index contributed by atoms with van der Waals surface area (Å²) in [5.41, 5.74) is 1.93. The minimum atomic E-state index is -3.24. The summed E-state index contributed by atoms with van der Waals surface area (Å²) in [6.07, 6.45) is 9.16. The van der Waals surface area contributed by atoms with Crippen molar-refractivity contribution < 1.29 is 22.7 Å². The van der Waals surface area contributed by atoms with Gasteiger partial charge in [-0.15, -0.1) is 0 Å². The van der Waals surface area contributed by atoms with Crippen molar-refractivity contribution in [1.82, 2.24) is 14.7 Å². The van der Waals surface area contributed by atoms with Crippen LogP contribution in [0.15, 0.2) is 59.5 Å². The van der Waals surface area contributed by atoms with Crippen LogP contribution in [0.4, 0.5) is 4.79 Å². The Hall–Kier alpha value is -2.91. The summed E-state index contributed by atoms with van der Waals surface area (Å²) < 4.78 is 29.5. The van der Waals surface area contributed by atoms with Gasteiger partial charge < -0.3 is 19.4 Å². The quantitative estimate of drug-likeness (QED) is 0.436. The fourth-order valence-corrected chi connectivity index (χ4v) is 8.38. The number of likely N-dealkylation sites (tertiary alicyclic amines) is 3. The third-order valence-corrected chi connectivity index (χ3v) is 11.5. The van der Waals surface area contributed by atoms with Crippen LogP contribution >= 0.6 is 0 Å². The van der Waals surface area contributed by atoms with Crippen LogP contribution in [0, 0.1) is 11.3 Å². The normalized spacial score (nSPS) is 25.0. The summed E-state index contributed by atoms with van der Waals surface area (Å²) >= 11 is 0. The van der Waals surface area contributed by atoms with Gasteiger partial charge in [0, 0.05) is 44.9 Å². The largest absolute Gasteiger partial charge is 0.446 e. The van der Waals surface area contributed by atoms with Gasteiger partial charge in [0.15, 0.2) is 9.84 Å². The number of sulfone groups is 1. The van der Waals surface area contributed by atoms with Crippen molar-refractivity contribution in [3.8, 4) is 0 Å². The smallest absolute Gasteiger partial charge is 0.410 e. The maximum Gasteiger partial charge on any atom is 0.410 e. The lowest BCUT2D eigenvalue weighted by molar-refractivity contribution is -0.139. The molecule has 0 aromatic heterocycles. The van der Waals surface area contributed by atoms with Crippen molar-refractivity contribution in [1.29, 1.82) is 0 Å². The van der Waals surface area contributed by atoms with Gasteiger partial charge in [0.1, 0.15) is 6.10 Å². The summed E-state index contributed by atoms with van der Waals surface area (Å²) in [7, 11) is -3.24. The molecule has 2 amide bonds. The van der Waals surface area contributed by atoms with E-state index in [-0.39, 0.29) is 29.4 Å². The van der Waals surface area contributed by atoms with Crippen LogP contribution < -0.4 is 0 Å². The van der Waals surface area contributed by atoms with Crippen molar-refractivity contribution in [2.45, 2.75) is 74.8 Å². The lowest BCUT2D eigenvalue weighted by Gasteiger charge is -2.39. The fraction of sp³-hybridized carbons (Fsp3) is 0.588. The first-order valence-corrected chi connectivity index (χ1v) is 17.9. The predicted molar refractivity (Wildman–Crippen MR) is 165 cm³/mol. The number of piperidine rings is 1. The average molecular weight is 608 g/mol. The number of benzene rings is 2. The van der Waals surface area contributed by atoms with Crippen molar-refractivity contribution >= 4 is 21.8 Å². The molecular weight excluding hydrogens is 562 g/mol. The van der Waals surface area contributed by atoms with Gasteiger partial charge in [0.25, 0.3) is 0 Å². The Morgan fingerprint density at radius 2 is 1.58 bits per heavy atom. The maximum absolute atomic E-state index is 13.6. The number of hydrogen-bond acceptors (Lipinski definition) is 6. The van der Waals surface area contributed by atoms with Crippen LogP contribution in [0.3, 0.4) is 0 Å². The van der Waals surface area contributed by atoms with Crippen molar-refractivity contribution in [2.75, 3.05) is 45.5 Å². The molecule has 8 nitrogen and oxygen atoms in total. The van der Waals surface area contributed by atoms with Gasteiger partial charge in [-0.05, 0) is 87.2 Å². The first-order chi connectivity index (χ1) is 20.7.